The standard InChI is InChI=1S/C21H29NO3/c1-5-7-14-21(3,25-15-6-2)20(23)22-18-12-13-19(24-4)17-11-9-8-10-16(17)18/h8-13H,5-7,14-15H2,1-4H3,(H,22,23)/t21-/m1/s1. The zero-order chi connectivity index (χ0) is 18.3. The Bertz CT molecular complexity index is 703. The number of amides is 1. The van der Waals surface area contributed by atoms with Crippen molar-refractivity contribution in [1.82, 2.24) is 0 Å². The summed E-state index contributed by atoms with van der Waals surface area (Å²) in [5.74, 6) is 0.703. The van der Waals surface area contributed by atoms with Crippen LogP contribution in [-0.2, 0) is 9.53 Å². The van der Waals surface area contributed by atoms with Gasteiger partial charge in [-0.15, -0.1) is 0 Å². The van der Waals surface area contributed by atoms with Gasteiger partial charge in [0.2, 0.25) is 0 Å². The number of rotatable bonds is 9. The maximum Gasteiger partial charge on any atom is 0.256 e. The third kappa shape index (κ3) is 4.51. The number of unbranched alkanes of at least 4 members (excludes halogenated alkanes) is 1. The van der Waals surface area contributed by atoms with Crippen LogP contribution in [0.2, 0.25) is 0 Å². The van der Waals surface area contributed by atoms with Crippen molar-refractivity contribution in [3.63, 3.8) is 0 Å². The van der Waals surface area contributed by atoms with Gasteiger partial charge in [-0.05, 0) is 31.9 Å². The van der Waals surface area contributed by atoms with Crippen LogP contribution in [0.4, 0.5) is 5.69 Å². The number of methoxy groups -OCH3 is 1. The summed E-state index contributed by atoms with van der Waals surface area (Å²) in [7, 11) is 1.65. The first kappa shape index (κ1) is 19.3. The Hall–Kier alpha value is -2.07. The third-order valence-electron chi connectivity index (χ3n) is 4.46. The maximum absolute atomic E-state index is 13.0. The fraction of sp³-hybridized carbons (Fsp3) is 0.476. The fourth-order valence-corrected chi connectivity index (χ4v) is 2.91. The number of hydrogen-bond acceptors (Lipinski definition) is 3. The molecule has 25 heavy (non-hydrogen) atoms. The molecule has 4 heteroatoms. The molecule has 0 aliphatic carbocycles. The van der Waals surface area contributed by atoms with Crippen molar-refractivity contribution in [3.8, 4) is 5.75 Å². The van der Waals surface area contributed by atoms with E-state index < -0.39 is 5.60 Å². The molecule has 0 aliphatic heterocycles. The van der Waals surface area contributed by atoms with Gasteiger partial charge in [-0.1, -0.05) is 51.0 Å². The minimum Gasteiger partial charge on any atom is -0.496 e. The van der Waals surface area contributed by atoms with Gasteiger partial charge in [0.15, 0.2) is 0 Å². The van der Waals surface area contributed by atoms with E-state index in [1.54, 1.807) is 7.11 Å². The molecule has 0 aliphatic rings. The smallest absolute Gasteiger partial charge is 0.256 e. The lowest BCUT2D eigenvalue weighted by atomic mass is 9.97. The van der Waals surface area contributed by atoms with E-state index in [1.807, 2.05) is 43.3 Å². The molecule has 0 fully saturated rings. The molecule has 0 spiro atoms. The van der Waals surface area contributed by atoms with Crippen molar-refractivity contribution in [1.29, 1.82) is 0 Å². The molecule has 4 nitrogen and oxygen atoms in total. The first-order valence-electron chi connectivity index (χ1n) is 9.07. The second-order valence-electron chi connectivity index (χ2n) is 6.50. The fourth-order valence-electron chi connectivity index (χ4n) is 2.91. The van der Waals surface area contributed by atoms with Crippen molar-refractivity contribution >= 4 is 22.4 Å². The first-order valence-corrected chi connectivity index (χ1v) is 9.07. The van der Waals surface area contributed by atoms with Gasteiger partial charge in [-0.3, -0.25) is 4.79 Å². The lowest BCUT2D eigenvalue weighted by Gasteiger charge is -2.29. The van der Waals surface area contributed by atoms with Crippen LogP contribution in [0.5, 0.6) is 5.75 Å². The molecule has 1 amide bonds. The molecule has 1 atom stereocenters. The zero-order valence-corrected chi connectivity index (χ0v) is 15.7. The topological polar surface area (TPSA) is 47.6 Å². The molecule has 0 saturated heterocycles. The Morgan fingerprint density at radius 3 is 2.44 bits per heavy atom. The lowest BCUT2D eigenvalue weighted by molar-refractivity contribution is -0.140. The minimum atomic E-state index is -0.812. The highest BCUT2D eigenvalue weighted by Crippen LogP contribution is 2.32. The van der Waals surface area contributed by atoms with Gasteiger partial charge in [0, 0.05) is 23.1 Å². The number of carbonyl (C=O) groups is 1. The summed E-state index contributed by atoms with van der Waals surface area (Å²) >= 11 is 0. The Balaban J connectivity index is 2.30. The third-order valence-corrected chi connectivity index (χ3v) is 4.46. The monoisotopic (exact) mass is 343 g/mol. The van der Waals surface area contributed by atoms with Crippen molar-refractivity contribution in [2.75, 3.05) is 19.0 Å². The number of nitrogens with one attached hydrogen (secondary N) is 1. The normalized spacial score (nSPS) is 13.4. The number of ether oxygens (including phenoxy) is 2. The number of anilines is 1. The molecule has 0 unspecified atom stereocenters. The quantitative estimate of drug-likeness (QED) is 0.684. The van der Waals surface area contributed by atoms with Crippen LogP contribution in [0.25, 0.3) is 10.8 Å². The van der Waals surface area contributed by atoms with Gasteiger partial charge < -0.3 is 14.8 Å². The molecule has 0 aromatic heterocycles. The van der Waals surface area contributed by atoms with Crippen LogP contribution in [-0.4, -0.2) is 25.2 Å². The average Bonchev–Trinajstić information content (AvgIpc) is 2.65. The highest BCUT2D eigenvalue weighted by atomic mass is 16.5. The number of carbonyl (C=O) groups excluding carboxylic acids is 1. The molecule has 2 rings (SSSR count). The molecular formula is C21H29NO3. The second kappa shape index (κ2) is 8.86. The predicted molar refractivity (Wildman–Crippen MR) is 103 cm³/mol. The van der Waals surface area contributed by atoms with Gasteiger partial charge in [0.25, 0.3) is 5.91 Å². The van der Waals surface area contributed by atoms with Gasteiger partial charge in [-0.2, -0.15) is 0 Å². The zero-order valence-electron chi connectivity index (χ0n) is 15.7. The Labute approximate surface area is 150 Å². The summed E-state index contributed by atoms with van der Waals surface area (Å²) in [4.78, 5) is 13.0. The van der Waals surface area contributed by atoms with Crippen LogP contribution in [0.1, 0.15) is 46.5 Å². The van der Waals surface area contributed by atoms with E-state index in [1.165, 1.54) is 0 Å². The summed E-state index contributed by atoms with van der Waals surface area (Å²) in [5.41, 5.74) is -0.0308. The summed E-state index contributed by atoms with van der Waals surface area (Å²) < 4.78 is 11.4. The molecule has 1 N–H and O–H groups in total. The second-order valence-corrected chi connectivity index (χ2v) is 6.50. The van der Waals surface area contributed by atoms with Crippen LogP contribution in [0, 0.1) is 0 Å². The van der Waals surface area contributed by atoms with Gasteiger partial charge in [-0.25, -0.2) is 0 Å². The lowest BCUT2D eigenvalue weighted by Crippen LogP contribution is -2.43. The summed E-state index contributed by atoms with van der Waals surface area (Å²) in [6, 6.07) is 11.7. The number of hydrogen-bond donors (Lipinski definition) is 1. The van der Waals surface area contributed by atoms with E-state index in [0.29, 0.717) is 13.0 Å². The first-order chi connectivity index (χ1) is 12.1. The Morgan fingerprint density at radius 2 is 1.80 bits per heavy atom. The molecule has 0 heterocycles. The molecule has 2 aromatic rings. The van der Waals surface area contributed by atoms with Crippen molar-refractivity contribution in [3.05, 3.63) is 36.4 Å². The predicted octanol–water partition coefficient (Wildman–Crippen LogP) is 5.16. The van der Waals surface area contributed by atoms with E-state index in [9.17, 15) is 4.79 Å². The van der Waals surface area contributed by atoms with Crippen molar-refractivity contribution < 1.29 is 14.3 Å². The molecule has 0 saturated carbocycles. The van der Waals surface area contributed by atoms with Crippen molar-refractivity contribution in [2.45, 2.75) is 52.1 Å². The molecule has 0 radical (unpaired) electrons. The van der Waals surface area contributed by atoms with Gasteiger partial charge in [0.05, 0.1) is 7.11 Å². The Morgan fingerprint density at radius 1 is 1.08 bits per heavy atom. The molecule has 0 bridgehead atoms. The van der Waals surface area contributed by atoms with E-state index in [0.717, 1.165) is 41.5 Å². The van der Waals surface area contributed by atoms with E-state index in [2.05, 4.69) is 19.2 Å². The van der Waals surface area contributed by atoms with Crippen LogP contribution < -0.4 is 10.1 Å². The number of fused-ring (bicyclic) bond motifs is 1. The SMILES string of the molecule is CCCC[C@@](C)(OCCC)C(=O)Nc1ccc(OC)c2ccccc12. The van der Waals surface area contributed by atoms with E-state index in [4.69, 9.17) is 9.47 Å². The minimum absolute atomic E-state index is 0.0929. The average molecular weight is 343 g/mol. The van der Waals surface area contributed by atoms with E-state index in [-0.39, 0.29) is 5.91 Å². The highest BCUT2D eigenvalue weighted by Gasteiger charge is 2.33. The summed E-state index contributed by atoms with van der Waals surface area (Å²) in [5, 5.41) is 5.02. The van der Waals surface area contributed by atoms with Crippen LogP contribution >= 0.6 is 0 Å². The largest absolute Gasteiger partial charge is 0.496 e. The molecule has 2 aromatic carbocycles. The number of benzene rings is 2. The Kier molecular flexibility index (Phi) is 6.82. The van der Waals surface area contributed by atoms with Crippen LogP contribution in [0.15, 0.2) is 36.4 Å². The molecular weight excluding hydrogens is 314 g/mol. The summed E-state index contributed by atoms with van der Waals surface area (Å²) in [6.07, 6.45) is 3.59. The van der Waals surface area contributed by atoms with Crippen molar-refractivity contribution in [2.24, 2.45) is 0 Å². The van der Waals surface area contributed by atoms with Gasteiger partial charge in [0.1, 0.15) is 11.4 Å². The molecule has 136 valence electrons. The maximum atomic E-state index is 13.0. The highest BCUT2D eigenvalue weighted by molar-refractivity contribution is 6.06. The van der Waals surface area contributed by atoms with Gasteiger partial charge >= 0.3 is 0 Å². The summed E-state index contributed by atoms with van der Waals surface area (Å²) in [6.45, 7) is 6.64. The van der Waals surface area contributed by atoms with Crippen LogP contribution in [0.3, 0.4) is 0 Å². The van der Waals surface area contributed by atoms with E-state index >= 15 is 0 Å².